The van der Waals surface area contributed by atoms with E-state index < -0.39 is 35.8 Å². The Labute approximate surface area is 206 Å². The van der Waals surface area contributed by atoms with E-state index in [1.54, 1.807) is 7.11 Å². The lowest BCUT2D eigenvalue weighted by Gasteiger charge is -2.23. The Hall–Kier alpha value is -2.98. The number of alkyl carbamates (subject to hydrolysis) is 1. The van der Waals surface area contributed by atoms with Crippen LogP contribution in [0, 0.1) is 5.92 Å². The van der Waals surface area contributed by atoms with E-state index in [9.17, 15) is 19.2 Å². The van der Waals surface area contributed by atoms with Gasteiger partial charge in [-0.2, -0.15) is 0 Å². The molecule has 1 aromatic rings. The lowest BCUT2D eigenvalue weighted by Crippen LogP contribution is -2.55. The Kier molecular flexibility index (Phi) is 12.2. The van der Waals surface area contributed by atoms with Crippen molar-refractivity contribution >= 4 is 23.7 Å². The highest BCUT2D eigenvalue weighted by molar-refractivity contribution is 6.38. The minimum atomic E-state index is -1.06. The van der Waals surface area contributed by atoms with Crippen molar-refractivity contribution in [2.45, 2.75) is 57.7 Å². The molecule has 0 bridgehead atoms. The van der Waals surface area contributed by atoms with Crippen LogP contribution in [0.5, 0.6) is 0 Å². The molecule has 10 heteroatoms. The molecule has 1 aliphatic carbocycles. The Bertz CT molecular complexity index is 828. The molecule has 194 valence electrons. The molecule has 35 heavy (non-hydrogen) atoms. The summed E-state index contributed by atoms with van der Waals surface area (Å²) >= 11 is 0. The summed E-state index contributed by atoms with van der Waals surface area (Å²) in [5.74, 6) is -1.91. The van der Waals surface area contributed by atoms with Crippen LogP contribution in [0.15, 0.2) is 30.3 Å². The third kappa shape index (κ3) is 11.3. The highest BCUT2D eigenvalue weighted by Crippen LogP contribution is 2.18. The molecule has 3 amide bonds. The predicted octanol–water partition coefficient (Wildman–Crippen LogP) is 1.37. The number of benzene rings is 1. The SMILES string of the molecule is COCCOCCOC(=O)N[C@@H](CC(C)C)C(=O)N[C@@H](Cc1ccccc1)C(=O)C(=O)NC1CC1. The molecular formula is C25H37N3O7. The van der Waals surface area contributed by atoms with E-state index in [-0.39, 0.29) is 31.6 Å². The van der Waals surface area contributed by atoms with Gasteiger partial charge < -0.3 is 30.2 Å². The second kappa shape index (κ2) is 15.1. The van der Waals surface area contributed by atoms with Crippen molar-refractivity contribution in [3.05, 3.63) is 35.9 Å². The lowest BCUT2D eigenvalue weighted by molar-refractivity contribution is -0.140. The molecule has 0 saturated heterocycles. The zero-order valence-corrected chi connectivity index (χ0v) is 20.7. The molecule has 10 nitrogen and oxygen atoms in total. The molecule has 2 rings (SSSR count). The number of hydrogen-bond acceptors (Lipinski definition) is 7. The third-order valence-electron chi connectivity index (χ3n) is 5.26. The maximum atomic E-state index is 13.1. The Morgan fingerprint density at radius 1 is 0.943 bits per heavy atom. The highest BCUT2D eigenvalue weighted by Gasteiger charge is 2.33. The van der Waals surface area contributed by atoms with Gasteiger partial charge in [-0.15, -0.1) is 0 Å². The van der Waals surface area contributed by atoms with E-state index >= 15 is 0 Å². The van der Waals surface area contributed by atoms with Gasteiger partial charge in [0.05, 0.1) is 19.8 Å². The number of hydrogen-bond donors (Lipinski definition) is 3. The van der Waals surface area contributed by atoms with E-state index in [0.29, 0.717) is 19.6 Å². The van der Waals surface area contributed by atoms with Crippen LogP contribution in [0.4, 0.5) is 4.79 Å². The summed E-state index contributed by atoms with van der Waals surface area (Å²) in [4.78, 5) is 50.7. The van der Waals surface area contributed by atoms with Gasteiger partial charge in [0.15, 0.2) is 0 Å². The number of Topliss-reactive ketones (excluding diaryl/α,β-unsaturated/α-hetero) is 1. The van der Waals surface area contributed by atoms with Crippen molar-refractivity contribution in [3.8, 4) is 0 Å². The summed E-state index contributed by atoms with van der Waals surface area (Å²) < 4.78 is 15.2. The van der Waals surface area contributed by atoms with Crippen molar-refractivity contribution in [3.63, 3.8) is 0 Å². The summed E-state index contributed by atoms with van der Waals surface area (Å²) in [5, 5.41) is 7.93. The summed E-state index contributed by atoms with van der Waals surface area (Å²) in [6.45, 7) is 4.85. The summed E-state index contributed by atoms with van der Waals surface area (Å²) in [6.07, 6.45) is 1.40. The molecule has 0 heterocycles. The quantitative estimate of drug-likeness (QED) is 0.235. The first-order chi connectivity index (χ1) is 16.8. The first kappa shape index (κ1) is 28.3. The number of ketones is 1. The number of nitrogens with one attached hydrogen (secondary N) is 3. The largest absolute Gasteiger partial charge is 0.447 e. The van der Waals surface area contributed by atoms with Crippen LogP contribution in [-0.4, -0.2) is 75.4 Å². The number of carbonyl (C=O) groups is 4. The van der Waals surface area contributed by atoms with Crippen LogP contribution in [0.1, 0.15) is 38.7 Å². The number of ether oxygens (including phenoxy) is 3. The number of rotatable bonds is 16. The number of carbonyl (C=O) groups excluding carboxylic acids is 4. The normalized spacial score (nSPS) is 14.6. The van der Waals surface area contributed by atoms with Crippen LogP contribution in [-0.2, 0) is 35.0 Å². The molecule has 2 atom stereocenters. The van der Waals surface area contributed by atoms with Gasteiger partial charge >= 0.3 is 6.09 Å². The minimum Gasteiger partial charge on any atom is -0.447 e. The Morgan fingerprint density at radius 3 is 2.26 bits per heavy atom. The van der Waals surface area contributed by atoms with Crippen molar-refractivity contribution in [1.29, 1.82) is 0 Å². The zero-order chi connectivity index (χ0) is 25.6. The first-order valence-corrected chi connectivity index (χ1v) is 12.0. The molecule has 1 saturated carbocycles. The highest BCUT2D eigenvalue weighted by atomic mass is 16.6. The van der Waals surface area contributed by atoms with Crippen molar-refractivity contribution < 1.29 is 33.4 Å². The maximum Gasteiger partial charge on any atom is 0.407 e. The maximum absolute atomic E-state index is 13.1. The standard InChI is InChI=1S/C25H37N3O7/c1-17(2)15-21(28-25(32)35-14-13-34-12-11-33-3)23(30)27-20(16-18-7-5-4-6-8-18)22(29)24(31)26-19-9-10-19/h4-8,17,19-21H,9-16H2,1-3H3,(H,26,31)(H,27,30)(H,28,32)/t20-,21-/m0/s1. The zero-order valence-electron chi connectivity index (χ0n) is 20.7. The topological polar surface area (TPSA) is 132 Å². The van der Waals surface area contributed by atoms with Crippen LogP contribution >= 0.6 is 0 Å². The van der Waals surface area contributed by atoms with E-state index in [2.05, 4.69) is 16.0 Å². The molecule has 3 N–H and O–H groups in total. The molecule has 0 unspecified atom stereocenters. The van der Waals surface area contributed by atoms with Gasteiger partial charge in [0.2, 0.25) is 11.7 Å². The minimum absolute atomic E-state index is 0.0159. The average molecular weight is 492 g/mol. The molecule has 1 aliphatic rings. The third-order valence-corrected chi connectivity index (χ3v) is 5.26. The van der Waals surface area contributed by atoms with Crippen molar-refractivity contribution in [2.24, 2.45) is 5.92 Å². The smallest absolute Gasteiger partial charge is 0.407 e. The Balaban J connectivity index is 2.00. The van der Waals surface area contributed by atoms with Crippen LogP contribution < -0.4 is 16.0 Å². The molecule has 1 fully saturated rings. The molecular weight excluding hydrogens is 454 g/mol. The molecule has 0 aliphatic heterocycles. The van der Waals surface area contributed by atoms with Gasteiger partial charge in [-0.1, -0.05) is 44.2 Å². The van der Waals surface area contributed by atoms with Crippen LogP contribution in [0.25, 0.3) is 0 Å². The van der Waals surface area contributed by atoms with Crippen LogP contribution in [0.2, 0.25) is 0 Å². The fraction of sp³-hybridized carbons (Fsp3) is 0.600. The summed E-state index contributed by atoms with van der Waals surface area (Å²) in [6, 6.07) is 7.14. The second-order valence-electron chi connectivity index (χ2n) is 8.93. The van der Waals surface area contributed by atoms with E-state index in [0.717, 1.165) is 18.4 Å². The monoisotopic (exact) mass is 491 g/mol. The van der Waals surface area contributed by atoms with Gasteiger partial charge in [0, 0.05) is 19.6 Å². The molecule has 1 aromatic carbocycles. The average Bonchev–Trinajstić information content (AvgIpc) is 3.64. The van der Waals surface area contributed by atoms with Crippen molar-refractivity contribution in [1.82, 2.24) is 16.0 Å². The van der Waals surface area contributed by atoms with Crippen LogP contribution in [0.3, 0.4) is 0 Å². The van der Waals surface area contributed by atoms with Gasteiger partial charge in [-0.05, 0) is 30.7 Å². The van der Waals surface area contributed by atoms with Gasteiger partial charge in [0.25, 0.3) is 5.91 Å². The summed E-state index contributed by atoms with van der Waals surface area (Å²) in [7, 11) is 1.56. The Morgan fingerprint density at radius 2 is 1.63 bits per heavy atom. The van der Waals surface area contributed by atoms with Gasteiger partial charge in [-0.25, -0.2) is 4.79 Å². The fourth-order valence-electron chi connectivity index (χ4n) is 3.30. The summed E-state index contributed by atoms with van der Waals surface area (Å²) in [5.41, 5.74) is 0.798. The second-order valence-corrected chi connectivity index (χ2v) is 8.93. The van der Waals surface area contributed by atoms with E-state index in [1.807, 2.05) is 44.2 Å². The predicted molar refractivity (Wildman–Crippen MR) is 129 cm³/mol. The van der Waals surface area contributed by atoms with E-state index in [1.165, 1.54) is 0 Å². The van der Waals surface area contributed by atoms with Crippen molar-refractivity contribution in [2.75, 3.05) is 33.5 Å². The first-order valence-electron chi connectivity index (χ1n) is 12.0. The number of amides is 3. The molecule has 0 radical (unpaired) electrons. The fourth-order valence-corrected chi connectivity index (χ4v) is 3.30. The van der Waals surface area contributed by atoms with E-state index in [4.69, 9.17) is 14.2 Å². The number of methoxy groups -OCH3 is 1. The molecule has 0 spiro atoms. The van der Waals surface area contributed by atoms with Gasteiger partial charge in [0.1, 0.15) is 18.7 Å². The lowest BCUT2D eigenvalue weighted by atomic mass is 9.99. The molecule has 0 aromatic heterocycles. The van der Waals surface area contributed by atoms with Gasteiger partial charge in [-0.3, -0.25) is 14.4 Å².